The zero-order valence-electron chi connectivity index (χ0n) is 11.1. The molecule has 4 atom stereocenters. The average molecular weight is 282 g/mol. The van der Waals surface area contributed by atoms with Crippen molar-refractivity contribution in [2.45, 2.75) is 38.5 Å². The van der Waals surface area contributed by atoms with E-state index in [0.29, 0.717) is 25.7 Å². The summed E-state index contributed by atoms with van der Waals surface area (Å²) >= 11 is 0. The second kappa shape index (κ2) is 5.73. The lowest BCUT2D eigenvalue weighted by atomic mass is 9.68. The molecule has 0 heterocycles. The van der Waals surface area contributed by atoms with E-state index in [0.717, 1.165) is 0 Å². The number of carbonyl (C=O) groups excluding carboxylic acids is 2. The van der Waals surface area contributed by atoms with Crippen LogP contribution in [0, 0.1) is 23.7 Å². The highest BCUT2D eigenvalue weighted by molar-refractivity contribution is 6.00. The van der Waals surface area contributed by atoms with Crippen LogP contribution in [-0.2, 0) is 19.2 Å². The van der Waals surface area contributed by atoms with Gasteiger partial charge in [0.25, 0.3) is 0 Å². The number of carbonyl (C=O) groups is 4. The third kappa shape index (κ3) is 2.89. The highest BCUT2D eigenvalue weighted by atomic mass is 16.4. The maximum atomic E-state index is 11.8. The highest BCUT2D eigenvalue weighted by Gasteiger charge is 2.41. The van der Waals surface area contributed by atoms with Crippen LogP contribution in [0.3, 0.4) is 0 Å². The van der Waals surface area contributed by atoms with Crippen LogP contribution in [0.5, 0.6) is 0 Å². The van der Waals surface area contributed by atoms with E-state index in [1.54, 1.807) is 0 Å². The molecular formula is C14H18O6. The molecule has 0 radical (unpaired) electrons. The third-order valence-corrected chi connectivity index (χ3v) is 4.62. The predicted octanol–water partition coefficient (Wildman–Crippen LogP) is 1.13. The molecule has 0 spiro atoms. The van der Waals surface area contributed by atoms with Crippen molar-refractivity contribution < 1.29 is 29.4 Å². The summed E-state index contributed by atoms with van der Waals surface area (Å²) in [6.45, 7) is 0. The molecule has 0 saturated heterocycles. The second-order valence-corrected chi connectivity index (χ2v) is 5.80. The van der Waals surface area contributed by atoms with Gasteiger partial charge in [-0.2, -0.15) is 0 Å². The maximum Gasteiger partial charge on any atom is 0.314 e. The Morgan fingerprint density at radius 1 is 0.750 bits per heavy atom. The summed E-state index contributed by atoms with van der Waals surface area (Å²) in [7, 11) is 0. The van der Waals surface area contributed by atoms with Crippen molar-refractivity contribution in [3.63, 3.8) is 0 Å². The van der Waals surface area contributed by atoms with Gasteiger partial charge in [0.15, 0.2) is 0 Å². The van der Waals surface area contributed by atoms with E-state index >= 15 is 0 Å². The molecule has 2 aliphatic rings. The Morgan fingerprint density at radius 3 is 1.35 bits per heavy atom. The SMILES string of the molecule is O=C(O)C1CCC(C2CCC(C(=O)O)C(=O)C2)CC1=O. The van der Waals surface area contributed by atoms with Crippen LogP contribution in [0.25, 0.3) is 0 Å². The van der Waals surface area contributed by atoms with Gasteiger partial charge in [0.05, 0.1) is 0 Å². The molecule has 20 heavy (non-hydrogen) atoms. The largest absolute Gasteiger partial charge is 0.481 e. The van der Waals surface area contributed by atoms with Crippen LogP contribution in [-0.4, -0.2) is 33.7 Å². The lowest BCUT2D eigenvalue weighted by Crippen LogP contribution is -2.38. The topological polar surface area (TPSA) is 109 Å². The maximum absolute atomic E-state index is 11.8. The van der Waals surface area contributed by atoms with Crippen LogP contribution in [0.15, 0.2) is 0 Å². The van der Waals surface area contributed by atoms with E-state index in [9.17, 15) is 19.2 Å². The number of aliphatic carboxylic acids is 2. The van der Waals surface area contributed by atoms with Crippen LogP contribution in [0.4, 0.5) is 0 Å². The second-order valence-electron chi connectivity index (χ2n) is 5.80. The van der Waals surface area contributed by atoms with Crippen molar-refractivity contribution >= 4 is 23.5 Å². The van der Waals surface area contributed by atoms with Crippen molar-refractivity contribution in [3.05, 3.63) is 0 Å². The number of Topliss-reactive ketones (excluding diaryl/α,β-unsaturated/α-hetero) is 2. The number of rotatable bonds is 3. The van der Waals surface area contributed by atoms with Crippen LogP contribution < -0.4 is 0 Å². The van der Waals surface area contributed by atoms with Crippen molar-refractivity contribution in [2.75, 3.05) is 0 Å². The van der Waals surface area contributed by atoms with Crippen LogP contribution >= 0.6 is 0 Å². The summed E-state index contributed by atoms with van der Waals surface area (Å²) < 4.78 is 0. The number of hydrogen-bond acceptors (Lipinski definition) is 4. The standard InChI is InChI=1S/C14H18O6/c15-11-5-7(1-3-9(11)13(17)18)8-2-4-10(14(19)20)12(16)6-8/h7-10H,1-6H2,(H,17,18)(H,19,20). The molecule has 6 nitrogen and oxygen atoms in total. The normalized spacial score (nSPS) is 34.8. The predicted molar refractivity (Wildman–Crippen MR) is 66.9 cm³/mol. The summed E-state index contributed by atoms with van der Waals surface area (Å²) in [5, 5.41) is 17.8. The van der Waals surface area contributed by atoms with Crippen molar-refractivity contribution in [2.24, 2.45) is 23.7 Å². The summed E-state index contributed by atoms with van der Waals surface area (Å²) in [4.78, 5) is 45.3. The summed E-state index contributed by atoms with van der Waals surface area (Å²) in [6.07, 6.45) is 2.30. The minimum atomic E-state index is -1.07. The Balaban J connectivity index is 1.95. The van der Waals surface area contributed by atoms with Crippen LogP contribution in [0.1, 0.15) is 38.5 Å². The fraction of sp³-hybridized carbons (Fsp3) is 0.714. The lowest BCUT2D eigenvalue weighted by molar-refractivity contribution is -0.152. The summed E-state index contributed by atoms with van der Waals surface area (Å²) in [6, 6.07) is 0. The molecule has 110 valence electrons. The smallest absolute Gasteiger partial charge is 0.314 e. The molecule has 0 bridgehead atoms. The molecule has 2 saturated carbocycles. The minimum absolute atomic E-state index is 0.0248. The van der Waals surface area contributed by atoms with Gasteiger partial charge >= 0.3 is 11.9 Å². The van der Waals surface area contributed by atoms with E-state index in [1.165, 1.54) is 0 Å². The number of carboxylic acids is 2. The first kappa shape index (κ1) is 14.7. The Morgan fingerprint density at radius 2 is 1.10 bits per heavy atom. The van der Waals surface area contributed by atoms with Gasteiger partial charge in [0.2, 0.25) is 0 Å². The van der Waals surface area contributed by atoms with Crippen molar-refractivity contribution in [1.29, 1.82) is 0 Å². The molecule has 0 aromatic carbocycles. The van der Waals surface area contributed by atoms with Gasteiger partial charge in [-0.25, -0.2) is 0 Å². The van der Waals surface area contributed by atoms with Gasteiger partial charge < -0.3 is 10.2 Å². The summed E-state index contributed by atoms with van der Waals surface area (Å²) in [5.41, 5.74) is 0. The van der Waals surface area contributed by atoms with E-state index in [1.807, 2.05) is 0 Å². The Hall–Kier alpha value is -1.72. The monoisotopic (exact) mass is 282 g/mol. The first-order valence-electron chi connectivity index (χ1n) is 6.91. The van der Waals surface area contributed by atoms with Gasteiger partial charge in [-0.05, 0) is 37.5 Å². The molecule has 0 amide bonds. The van der Waals surface area contributed by atoms with E-state index < -0.39 is 23.8 Å². The Kier molecular flexibility index (Phi) is 4.20. The zero-order chi connectivity index (χ0) is 14.9. The molecule has 0 aliphatic heterocycles. The average Bonchev–Trinajstić information content (AvgIpc) is 2.37. The number of hydrogen-bond donors (Lipinski definition) is 2. The molecular weight excluding hydrogens is 264 g/mol. The molecule has 6 heteroatoms. The van der Waals surface area contributed by atoms with Gasteiger partial charge in [-0.15, -0.1) is 0 Å². The zero-order valence-corrected chi connectivity index (χ0v) is 11.1. The van der Waals surface area contributed by atoms with E-state index in [2.05, 4.69) is 0 Å². The van der Waals surface area contributed by atoms with Crippen LogP contribution in [0.2, 0.25) is 0 Å². The Bertz CT molecular complexity index is 413. The van der Waals surface area contributed by atoms with Gasteiger partial charge in [-0.3, -0.25) is 19.2 Å². The molecule has 0 aromatic rings. The molecule has 2 aliphatic carbocycles. The van der Waals surface area contributed by atoms with Crippen molar-refractivity contribution in [3.8, 4) is 0 Å². The van der Waals surface area contributed by atoms with E-state index in [-0.39, 0.29) is 36.2 Å². The van der Waals surface area contributed by atoms with Gasteiger partial charge in [0, 0.05) is 12.8 Å². The van der Waals surface area contributed by atoms with Gasteiger partial charge in [-0.1, -0.05) is 0 Å². The third-order valence-electron chi connectivity index (χ3n) is 4.62. The molecule has 2 rings (SSSR count). The fourth-order valence-corrected chi connectivity index (χ4v) is 3.42. The molecule has 4 unspecified atom stereocenters. The molecule has 2 fully saturated rings. The van der Waals surface area contributed by atoms with Gasteiger partial charge in [0.1, 0.15) is 23.4 Å². The Labute approximate surface area is 116 Å². The molecule has 2 N–H and O–H groups in total. The number of ketones is 2. The first-order valence-corrected chi connectivity index (χ1v) is 6.91. The van der Waals surface area contributed by atoms with Crippen molar-refractivity contribution in [1.82, 2.24) is 0 Å². The first-order chi connectivity index (χ1) is 9.40. The highest BCUT2D eigenvalue weighted by Crippen LogP contribution is 2.39. The molecule has 0 aromatic heterocycles. The number of carboxylic acid groups (broad SMARTS) is 2. The van der Waals surface area contributed by atoms with E-state index in [4.69, 9.17) is 10.2 Å². The fourth-order valence-electron chi connectivity index (χ4n) is 3.42. The minimum Gasteiger partial charge on any atom is -0.481 e. The lowest BCUT2D eigenvalue weighted by Gasteiger charge is -2.34. The summed E-state index contributed by atoms with van der Waals surface area (Å²) in [5.74, 6) is -4.43. The quantitative estimate of drug-likeness (QED) is 0.751.